The maximum absolute atomic E-state index is 8.50. The van der Waals surface area contributed by atoms with E-state index in [0.717, 1.165) is 32.4 Å². The van der Waals surface area contributed by atoms with Crippen molar-refractivity contribution in [1.82, 2.24) is 5.32 Å². The fourth-order valence-corrected chi connectivity index (χ4v) is 1.15. The zero-order chi connectivity index (χ0) is 9.94. The molecule has 1 N–H and O–H groups in total. The predicted molar refractivity (Wildman–Crippen MR) is 53.4 cm³/mol. The first-order valence-electron chi connectivity index (χ1n) is 4.94. The molecule has 0 bridgehead atoms. The van der Waals surface area contributed by atoms with Crippen molar-refractivity contribution in [2.24, 2.45) is 0 Å². The summed E-state index contributed by atoms with van der Waals surface area (Å²) in [7, 11) is 1.72. The topological polar surface area (TPSA) is 45.0 Å². The van der Waals surface area contributed by atoms with E-state index in [4.69, 9.17) is 10.00 Å². The van der Waals surface area contributed by atoms with Crippen molar-refractivity contribution in [3.05, 3.63) is 0 Å². The fraction of sp³-hybridized carbons (Fsp3) is 0.900. The van der Waals surface area contributed by atoms with Crippen molar-refractivity contribution < 1.29 is 4.74 Å². The van der Waals surface area contributed by atoms with Crippen molar-refractivity contribution >= 4 is 0 Å². The molecular weight excluding hydrogens is 164 g/mol. The molecule has 0 aliphatic rings. The Labute approximate surface area is 81.1 Å². The van der Waals surface area contributed by atoms with Crippen LogP contribution < -0.4 is 5.32 Å². The second-order valence-corrected chi connectivity index (χ2v) is 3.12. The summed E-state index contributed by atoms with van der Waals surface area (Å²) in [5, 5.41) is 11.8. The van der Waals surface area contributed by atoms with Crippen LogP contribution in [0.4, 0.5) is 0 Å². The molecule has 0 aromatic rings. The number of nitrogens with zero attached hydrogens (tertiary/aromatic N) is 1. The Morgan fingerprint density at radius 1 is 1.46 bits per heavy atom. The highest BCUT2D eigenvalue weighted by atomic mass is 16.5. The summed E-state index contributed by atoms with van der Waals surface area (Å²) in [6, 6.07) is 2.55. The van der Waals surface area contributed by atoms with Gasteiger partial charge in [0.05, 0.1) is 12.5 Å². The van der Waals surface area contributed by atoms with Gasteiger partial charge in [0.25, 0.3) is 0 Å². The molecule has 0 saturated carbocycles. The Balaban J connectivity index is 3.23. The summed E-state index contributed by atoms with van der Waals surface area (Å²) in [5.74, 6) is 0. The highest BCUT2D eigenvalue weighted by Gasteiger charge is 2.02. The van der Waals surface area contributed by atoms with Crippen molar-refractivity contribution in [1.29, 1.82) is 5.26 Å². The van der Waals surface area contributed by atoms with E-state index in [1.807, 2.05) is 0 Å². The Morgan fingerprint density at radius 2 is 2.23 bits per heavy atom. The van der Waals surface area contributed by atoms with E-state index in [-0.39, 0.29) is 0 Å². The lowest BCUT2D eigenvalue weighted by molar-refractivity contribution is 0.192. The molecule has 0 aromatic heterocycles. The van der Waals surface area contributed by atoms with Gasteiger partial charge >= 0.3 is 0 Å². The van der Waals surface area contributed by atoms with E-state index < -0.39 is 0 Å². The molecule has 1 atom stereocenters. The molecule has 0 heterocycles. The molecule has 0 spiro atoms. The van der Waals surface area contributed by atoms with Gasteiger partial charge in [0.15, 0.2) is 0 Å². The number of ether oxygens (including phenoxy) is 1. The molecule has 0 radical (unpaired) electrons. The third-order valence-electron chi connectivity index (χ3n) is 2.04. The first kappa shape index (κ1) is 12.4. The van der Waals surface area contributed by atoms with Crippen molar-refractivity contribution in [2.45, 2.75) is 38.6 Å². The van der Waals surface area contributed by atoms with Crippen LogP contribution in [0.3, 0.4) is 0 Å². The maximum atomic E-state index is 8.50. The van der Waals surface area contributed by atoms with Gasteiger partial charge in [0, 0.05) is 19.8 Å². The molecule has 0 aromatic carbocycles. The third-order valence-corrected chi connectivity index (χ3v) is 2.04. The van der Waals surface area contributed by atoms with E-state index in [1.165, 1.54) is 0 Å². The second kappa shape index (κ2) is 9.50. The summed E-state index contributed by atoms with van der Waals surface area (Å²) in [6.45, 7) is 3.92. The summed E-state index contributed by atoms with van der Waals surface area (Å²) in [6.07, 6.45) is 3.85. The van der Waals surface area contributed by atoms with Crippen LogP contribution in [0.5, 0.6) is 0 Å². The molecule has 1 unspecified atom stereocenters. The molecule has 13 heavy (non-hydrogen) atoms. The zero-order valence-electron chi connectivity index (χ0n) is 8.68. The number of nitriles is 1. The quantitative estimate of drug-likeness (QED) is 0.584. The number of hydrogen-bond donors (Lipinski definition) is 1. The average molecular weight is 184 g/mol. The van der Waals surface area contributed by atoms with Crippen LogP contribution in [0, 0.1) is 11.3 Å². The summed E-state index contributed by atoms with van der Waals surface area (Å²) < 4.78 is 4.94. The number of methoxy groups -OCH3 is 1. The van der Waals surface area contributed by atoms with Crippen LogP contribution in [0.15, 0.2) is 0 Å². The molecule has 0 saturated heterocycles. The molecule has 76 valence electrons. The van der Waals surface area contributed by atoms with Gasteiger partial charge in [-0.05, 0) is 25.8 Å². The first-order chi connectivity index (χ1) is 6.35. The fourth-order valence-electron chi connectivity index (χ4n) is 1.15. The van der Waals surface area contributed by atoms with E-state index >= 15 is 0 Å². The van der Waals surface area contributed by atoms with Gasteiger partial charge in [0.2, 0.25) is 0 Å². The SMILES string of the molecule is CCC(CC#N)NCCCCOC. The van der Waals surface area contributed by atoms with Gasteiger partial charge in [0.1, 0.15) is 0 Å². The summed E-state index contributed by atoms with van der Waals surface area (Å²) >= 11 is 0. The number of hydrogen-bond acceptors (Lipinski definition) is 3. The average Bonchev–Trinajstić information content (AvgIpc) is 2.16. The van der Waals surface area contributed by atoms with Gasteiger partial charge in [-0.3, -0.25) is 0 Å². The lowest BCUT2D eigenvalue weighted by Gasteiger charge is -2.12. The normalized spacial score (nSPS) is 12.4. The van der Waals surface area contributed by atoms with Gasteiger partial charge in [-0.1, -0.05) is 6.92 Å². The molecule has 3 heteroatoms. The predicted octanol–water partition coefficient (Wildman–Crippen LogP) is 1.69. The number of unbranched alkanes of at least 4 members (excludes halogenated alkanes) is 1. The smallest absolute Gasteiger partial charge is 0.0638 e. The molecule has 0 amide bonds. The molecule has 0 aliphatic heterocycles. The van der Waals surface area contributed by atoms with Gasteiger partial charge in [-0.25, -0.2) is 0 Å². The third kappa shape index (κ3) is 7.76. The minimum Gasteiger partial charge on any atom is -0.385 e. The van der Waals surface area contributed by atoms with Crippen LogP contribution in [0.1, 0.15) is 32.6 Å². The largest absolute Gasteiger partial charge is 0.385 e. The molecular formula is C10H20N2O. The van der Waals surface area contributed by atoms with Crippen LogP contribution in [0.25, 0.3) is 0 Å². The van der Waals surface area contributed by atoms with Gasteiger partial charge < -0.3 is 10.1 Å². The number of rotatable bonds is 8. The Bertz CT molecular complexity index is 142. The second-order valence-electron chi connectivity index (χ2n) is 3.12. The monoisotopic (exact) mass is 184 g/mol. The minimum absolute atomic E-state index is 0.368. The molecule has 3 nitrogen and oxygen atoms in total. The van der Waals surface area contributed by atoms with Crippen LogP contribution in [-0.2, 0) is 4.74 Å². The minimum atomic E-state index is 0.368. The zero-order valence-corrected chi connectivity index (χ0v) is 8.68. The van der Waals surface area contributed by atoms with Crippen LogP contribution >= 0.6 is 0 Å². The Hall–Kier alpha value is -0.590. The van der Waals surface area contributed by atoms with Gasteiger partial charge in [-0.15, -0.1) is 0 Å². The first-order valence-corrected chi connectivity index (χ1v) is 4.94. The molecule has 0 rings (SSSR count). The van der Waals surface area contributed by atoms with E-state index in [2.05, 4.69) is 18.3 Å². The summed E-state index contributed by atoms with van der Waals surface area (Å²) in [4.78, 5) is 0. The van der Waals surface area contributed by atoms with Crippen LogP contribution in [-0.4, -0.2) is 26.3 Å². The number of nitrogens with one attached hydrogen (secondary N) is 1. The maximum Gasteiger partial charge on any atom is 0.0638 e. The van der Waals surface area contributed by atoms with E-state index in [0.29, 0.717) is 12.5 Å². The van der Waals surface area contributed by atoms with E-state index in [9.17, 15) is 0 Å². The lowest BCUT2D eigenvalue weighted by atomic mass is 10.1. The van der Waals surface area contributed by atoms with Gasteiger partial charge in [-0.2, -0.15) is 5.26 Å². The Morgan fingerprint density at radius 3 is 2.77 bits per heavy atom. The van der Waals surface area contributed by atoms with Crippen molar-refractivity contribution in [3.63, 3.8) is 0 Å². The van der Waals surface area contributed by atoms with Crippen molar-refractivity contribution in [3.8, 4) is 6.07 Å². The highest BCUT2D eigenvalue weighted by molar-refractivity contribution is 4.79. The highest BCUT2D eigenvalue weighted by Crippen LogP contribution is 1.96. The summed E-state index contributed by atoms with van der Waals surface area (Å²) in [5.41, 5.74) is 0. The molecule has 0 fully saturated rings. The lowest BCUT2D eigenvalue weighted by Crippen LogP contribution is -2.28. The van der Waals surface area contributed by atoms with E-state index in [1.54, 1.807) is 7.11 Å². The molecule has 0 aliphatic carbocycles. The Kier molecular flexibility index (Phi) is 9.07. The standard InChI is InChI=1S/C10H20N2O/c1-3-10(6-7-11)12-8-4-5-9-13-2/h10,12H,3-6,8-9H2,1-2H3. The van der Waals surface area contributed by atoms with Crippen molar-refractivity contribution in [2.75, 3.05) is 20.3 Å². The van der Waals surface area contributed by atoms with Crippen LogP contribution in [0.2, 0.25) is 0 Å².